The molecule has 3 atom stereocenters. The molecule has 1 aliphatic carbocycles. The van der Waals surface area contributed by atoms with Crippen molar-refractivity contribution in [2.45, 2.75) is 63.2 Å². The van der Waals surface area contributed by atoms with E-state index in [1.165, 1.54) is 64.8 Å². The van der Waals surface area contributed by atoms with Crippen LogP contribution in [0.25, 0.3) is 0 Å². The van der Waals surface area contributed by atoms with Crippen LogP contribution in [0.4, 0.5) is 0 Å². The van der Waals surface area contributed by atoms with E-state index in [-0.39, 0.29) is 0 Å². The fraction of sp³-hybridized carbons (Fsp3) is 1.00. The first-order chi connectivity index (χ1) is 8.81. The predicted molar refractivity (Wildman–Crippen MR) is 73.8 cm³/mol. The van der Waals surface area contributed by atoms with Crippen LogP contribution in [0.3, 0.4) is 0 Å². The van der Waals surface area contributed by atoms with Crippen molar-refractivity contribution in [3.05, 3.63) is 0 Å². The van der Waals surface area contributed by atoms with Gasteiger partial charge >= 0.3 is 0 Å². The van der Waals surface area contributed by atoms with Gasteiger partial charge in [-0.3, -0.25) is 14.7 Å². The smallest absolute Gasteiger partial charge is 0.0239 e. The molecule has 102 valence electrons. The summed E-state index contributed by atoms with van der Waals surface area (Å²) >= 11 is 0. The SMILES string of the molecule is CC1CN2CCCC2CN1C1CCN(C2CC2)C1. The van der Waals surface area contributed by atoms with Crippen molar-refractivity contribution >= 4 is 0 Å². The molecule has 0 amide bonds. The van der Waals surface area contributed by atoms with Crippen molar-refractivity contribution in [1.29, 1.82) is 0 Å². The third kappa shape index (κ3) is 2.00. The van der Waals surface area contributed by atoms with E-state index in [4.69, 9.17) is 0 Å². The van der Waals surface area contributed by atoms with Gasteiger partial charge in [-0.1, -0.05) is 0 Å². The second-order valence-corrected chi connectivity index (χ2v) is 7.01. The molecule has 0 aromatic carbocycles. The largest absolute Gasteiger partial charge is 0.299 e. The lowest BCUT2D eigenvalue weighted by molar-refractivity contribution is 0.0301. The minimum atomic E-state index is 0.781. The van der Waals surface area contributed by atoms with Crippen LogP contribution in [0, 0.1) is 0 Å². The number of fused-ring (bicyclic) bond motifs is 1. The molecular formula is C15H27N3. The van der Waals surface area contributed by atoms with E-state index in [9.17, 15) is 0 Å². The second kappa shape index (κ2) is 4.46. The van der Waals surface area contributed by atoms with E-state index in [0.29, 0.717) is 0 Å². The molecule has 0 aromatic heterocycles. The van der Waals surface area contributed by atoms with Crippen LogP contribution in [0.2, 0.25) is 0 Å². The molecule has 4 fully saturated rings. The van der Waals surface area contributed by atoms with Gasteiger partial charge in [-0.2, -0.15) is 0 Å². The monoisotopic (exact) mass is 249 g/mol. The van der Waals surface area contributed by atoms with Gasteiger partial charge in [-0.25, -0.2) is 0 Å². The number of hydrogen-bond acceptors (Lipinski definition) is 3. The number of nitrogens with zero attached hydrogens (tertiary/aromatic N) is 3. The Balaban J connectivity index is 1.41. The van der Waals surface area contributed by atoms with Crippen LogP contribution in [-0.2, 0) is 0 Å². The van der Waals surface area contributed by atoms with Crippen molar-refractivity contribution < 1.29 is 0 Å². The quantitative estimate of drug-likeness (QED) is 0.732. The van der Waals surface area contributed by atoms with E-state index in [2.05, 4.69) is 21.6 Å². The molecule has 18 heavy (non-hydrogen) atoms. The van der Waals surface area contributed by atoms with E-state index < -0.39 is 0 Å². The van der Waals surface area contributed by atoms with Crippen molar-refractivity contribution in [3.8, 4) is 0 Å². The van der Waals surface area contributed by atoms with Crippen molar-refractivity contribution in [2.75, 3.05) is 32.7 Å². The molecule has 0 N–H and O–H groups in total. The Hall–Kier alpha value is -0.120. The molecular weight excluding hydrogens is 222 g/mol. The van der Waals surface area contributed by atoms with E-state index in [1.54, 1.807) is 0 Å². The normalized spacial score (nSPS) is 43.5. The van der Waals surface area contributed by atoms with Crippen molar-refractivity contribution in [2.24, 2.45) is 0 Å². The molecule has 3 heterocycles. The minimum absolute atomic E-state index is 0.781. The number of hydrogen-bond donors (Lipinski definition) is 0. The van der Waals surface area contributed by atoms with Crippen LogP contribution in [0.1, 0.15) is 39.0 Å². The van der Waals surface area contributed by atoms with Crippen LogP contribution >= 0.6 is 0 Å². The van der Waals surface area contributed by atoms with Gasteiger partial charge in [0.05, 0.1) is 0 Å². The molecule has 3 aliphatic heterocycles. The van der Waals surface area contributed by atoms with Crippen LogP contribution < -0.4 is 0 Å². The fourth-order valence-corrected chi connectivity index (χ4v) is 4.53. The average molecular weight is 249 g/mol. The Kier molecular flexibility index (Phi) is 2.90. The van der Waals surface area contributed by atoms with Gasteiger partial charge in [0, 0.05) is 50.3 Å². The first-order valence-corrected chi connectivity index (χ1v) is 8.05. The van der Waals surface area contributed by atoms with Gasteiger partial charge in [-0.15, -0.1) is 0 Å². The molecule has 3 heteroatoms. The number of rotatable bonds is 2. The molecule has 0 aromatic rings. The maximum Gasteiger partial charge on any atom is 0.0239 e. The molecule has 3 nitrogen and oxygen atoms in total. The van der Waals surface area contributed by atoms with Gasteiger partial charge in [0.1, 0.15) is 0 Å². The summed E-state index contributed by atoms with van der Waals surface area (Å²) in [7, 11) is 0. The maximum atomic E-state index is 2.86. The summed E-state index contributed by atoms with van der Waals surface area (Å²) in [6, 6.07) is 3.50. The molecule has 0 bridgehead atoms. The van der Waals surface area contributed by atoms with E-state index >= 15 is 0 Å². The standard InChI is InChI=1S/C15H27N3/c1-12-9-16-7-2-3-14(16)11-18(12)15-6-8-17(10-15)13-4-5-13/h12-15H,2-11H2,1H3. The van der Waals surface area contributed by atoms with E-state index in [0.717, 1.165) is 24.2 Å². The Morgan fingerprint density at radius 3 is 2.39 bits per heavy atom. The molecule has 3 saturated heterocycles. The number of likely N-dealkylation sites (tertiary alicyclic amines) is 1. The van der Waals surface area contributed by atoms with Crippen LogP contribution in [0.5, 0.6) is 0 Å². The topological polar surface area (TPSA) is 9.72 Å². The summed E-state index contributed by atoms with van der Waals surface area (Å²) in [6.45, 7) is 9.22. The lowest BCUT2D eigenvalue weighted by Gasteiger charge is -2.45. The highest BCUT2D eigenvalue weighted by molar-refractivity contribution is 4.98. The highest BCUT2D eigenvalue weighted by Crippen LogP contribution is 2.33. The van der Waals surface area contributed by atoms with Gasteiger partial charge in [0.25, 0.3) is 0 Å². The molecule has 0 radical (unpaired) electrons. The molecule has 0 spiro atoms. The molecule has 1 saturated carbocycles. The Bertz CT molecular complexity index is 315. The zero-order valence-corrected chi connectivity index (χ0v) is 11.7. The predicted octanol–water partition coefficient (Wildman–Crippen LogP) is 1.39. The van der Waals surface area contributed by atoms with Gasteiger partial charge < -0.3 is 0 Å². The summed E-state index contributed by atoms with van der Waals surface area (Å²) in [5, 5.41) is 0. The summed E-state index contributed by atoms with van der Waals surface area (Å²) in [5.74, 6) is 0. The summed E-state index contributed by atoms with van der Waals surface area (Å²) in [6.07, 6.45) is 7.25. The average Bonchev–Trinajstić information content (AvgIpc) is 2.93. The minimum Gasteiger partial charge on any atom is -0.299 e. The first kappa shape index (κ1) is 11.7. The first-order valence-electron chi connectivity index (χ1n) is 8.05. The lowest BCUT2D eigenvalue weighted by atomic mass is 10.0. The lowest BCUT2D eigenvalue weighted by Crippen LogP contribution is -2.58. The highest BCUT2D eigenvalue weighted by Gasteiger charge is 2.41. The number of piperazine rings is 1. The third-order valence-corrected chi connectivity index (χ3v) is 5.71. The Labute approximate surface area is 111 Å². The highest BCUT2D eigenvalue weighted by atomic mass is 15.4. The zero-order chi connectivity index (χ0) is 12.1. The molecule has 4 aliphatic rings. The maximum absolute atomic E-state index is 2.86. The third-order valence-electron chi connectivity index (χ3n) is 5.71. The summed E-state index contributed by atoms with van der Waals surface area (Å²) < 4.78 is 0. The van der Waals surface area contributed by atoms with Crippen LogP contribution in [-0.4, -0.2) is 71.6 Å². The Morgan fingerprint density at radius 2 is 1.56 bits per heavy atom. The fourth-order valence-electron chi connectivity index (χ4n) is 4.53. The molecule has 4 rings (SSSR count). The summed E-state index contributed by atoms with van der Waals surface area (Å²) in [5.41, 5.74) is 0. The van der Waals surface area contributed by atoms with Gasteiger partial charge in [-0.05, 0) is 45.6 Å². The summed E-state index contributed by atoms with van der Waals surface area (Å²) in [4.78, 5) is 8.36. The van der Waals surface area contributed by atoms with E-state index in [1.807, 2.05) is 0 Å². The Morgan fingerprint density at radius 1 is 0.722 bits per heavy atom. The van der Waals surface area contributed by atoms with Crippen LogP contribution in [0.15, 0.2) is 0 Å². The van der Waals surface area contributed by atoms with Crippen molar-refractivity contribution in [1.82, 2.24) is 14.7 Å². The molecule has 3 unspecified atom stereocenters. The van der Waals surface area contributed by atoms with Gasteiger partial charge in [0.15, 0.2) is 0 Å². The van der Waals surface area contributed by atoms with Gasteiger partial charge in [0.2, 0.25) is 0 Å². The second-order valence-electron chi connectivity index (χ2n) is 7.01. The van der Waals surface area contributed by atoms with Crippen molar-refractivity contribution in [3.63, 3.8) is 0 Å². The zero-order valence-electron chi connectivity index (χ0n) is 11.7.